The molecule has 9 heteroatoms. The van der Waals surface area contributed by atoms with Crippen molar-refractivity contribution in [2.75, 3.05) is 0 Å². The number of nitrogens with zero attached hydrogens (tertiary/aromatic N) is 1. The van der Waals surface area contributed by atoms with E-state index in [2.05, 4.69) is 9.71 Å². The van der Waals surface area contributed by atoms with Gasteiger partial charge in [-0.1, -0.05) is 52.7 Å². The number of halogens is 2. The van der Waals surface area contributed by atoms with E-state index in [-0.39, 0.29) is 21.5 Å². The van der Waals surface area contributed by atoms with E-state index in [4.69, 9.17) is 27.9 Å². The largest absolute Gasteiger partial charge is 0.431 e. The van der Waals surface area contributed by atoms with Crippen molar-refractivity contribution in [3.05, 3.63) is 69.7 Å². The van der Waals surface area contributed by atoms with Gasteiger partial charge in [0.25, 0.3) is 5.19 Å². The van der Waals surface area contributed by atoms with E-state index in [1.54, 1.807) is 36.5 Å². The van der Waals surface area contributed by atoms with Crippen molar-refractivity contribution in [1.29, 1.82) is 0 Å². The van der Waals surface area contributed by atoms with Crippen molar-refractivity contribution < 1.29 is 13.2 Å². The number of hydrogen-bond acceptors (Lipinski definition) is 5. The average Bonchev–Trinajstić information content (AvgIpc) is 3.07. The molecular weight excluding hydrogens is 403 g/mol. The molecule has 0 amide bonds. The van der Waals surface area contributed by atoms with Crippen LogP contribution in [0.2, 0.25) is 10.0 Å². The monoisotopic (exact) mass is 414 g/mol. The predicted octanol–water partition coefficient (Wildman–Crippen LogP) is 4.72. The smallest absolute Gasteiger partial charge is 0.278 e. The standard InChI is InChI=1S/C16H12Cl2N2O3S2/c17-13-2-1-3-14(18)15(13)25(21,22)20-10-11-4-6-12(7-5-11)23-16-19-8-9-24-16/h1-9,20H,10H2. The highest BCUT2D eigenvalue weighted by molar-refractivity contribution is 7.89. The Balaban J connectivity index is 1.69. The van der Waals surface area contributed by atoms with E-state index in [1.807, 2.05) is 5.38 Å². The van der Waals surface area contributed by atoms with E-state index >= 15 is 0 Å². The van der Waals surface area contributed by atoms with Gasteiger partial charge in [0, 0.05) is 18.1 Å². The number of nitrogens with one attached hydrogen (secondary N) is 1. The van der Waals surface area contributed by atoms with Gasteiger partial charge in [-0.25, -0.2) is 18.1 Å². The third kappa shape index (κ3) is 4.50. The van der Waals surface area contributed by atoms with E-state index in [9.17, 15) is 8.42 Å². The van der Waals surface area contributed by atoms with Crippen molar-refractivity contribution in [3.8, 4) is 10.9 Å². The number of thiazole rings is 1. The van der Waals surface area contributed by atoms with Crippen molar-refractivity contribution in [3.63, 3.8) is 0 Å². The molecule has 5 nitrogen and oxygen atoms in total. The van der Waals surface area contributed by atoms with E-state index in [0.717, 1.165) is 5.56 Å². The normalized spacial score (nSPS) is 11.4. The van der Waals surface area contributed by atoms with Gasteiger partial charge in [0.05, 0.1) is 10.0 Å². The number of ether oxygens (including phenoxy) is 1. The second-order valence-electron chi connectivity index (χ2n) is 4.92. The maximum Gasteiger partial charge on any atom is 0.278 e. The van der Waals surface area contributed by atoms with Gasteiger partial charge in [-0.05, 0) is 29.8 Å². The molecule has 3 rings (SSSR count). The lowest BCUT2D eigenvalue weighted by molar-refractivity contribution is 0.478. The highest BCUT2D eigenvalue weighted by Gasteiger charge is 2.21. The quantitative estimate of drug-likeness (QED) is 0.633. The number of rotatable bonds is 6. The minimum absolute atomic E-state index is 0.0761. The van der Waals surface area contributed by atoms with Crippen LogP contribution in [0.1, 0.15) is 5.56 Å². The molecule has 130 valence electrons. The first-order chi connectivity index (χ1) is 12.0. The van der Waals surface area contributed by atoms with Gasteiger partial charge in [0.1, 0.15) is 10.6 Å². The summed E-state index contributed by atoms with van der Waals surface area (Å²) in [4.78, 5) is 3.91. The van der Waals surface area contributed by atoms with Crippen molar-refractivity contribution in [2.45, 2.75) is 11.4 Å². The number of aromatic nitrogens is 1. The molecule has 0 unspecified atom stereocenters. The van der Waals surface area contributed by atoms with Crippen LogP contribution in [-0.4, -0.2) is 13.4 Å². The summed E-state index contributed by atoms with van der Waals surface area (Å²) < 4.78 is 32.9. The first kappa shape index (κ1) is 18.2. The maximum absolute atomic E-state index is 12.4. The molecule has 1 heterocycles. The molecule has 0 radical (unpaired) electrons. The summed E-state index contributed by atoms with van der Waals surface area (Å²) in [7, 11) is -3.82. The fourth-order valence-electron chi connectivity index (χ4n) is 2.03. The summed E-state index contributed by atoms with van der Waals surface area (Å²) in [5.74, 6) is 0.621. The minimum Gasteiger partial charge on any atom is -0.431 e. The molecule has 0 saturated heterocycles. The second-order valence-corrected chi connectivity index (χ2v) is 8.29. The molecule has 0 aliphatic heterocycles. The van der Waals surface area contributed by atoms with Crippen LogP contribution >= 0.6 is 34.5 Å². The number of hydrogen-bond donors (Lipinski definition) is 1. The zero-order valence-electron chi connectivity index (χ0n) is 12.6. The van der Waals surface area contributed by atoms with Gasteiger partial charge in [-0.15, -0.1) is 0 Å². The minimum atomic E-state index is -3.82. The summed E-state index contributed by atoms with van der Waals surface area (Å²) in [6.45, 7) is 0.0986. The molecule has 0 saturated carbocycles. The Bertz CT molecular complexity index is 939. The van der Waals surface area contributed by atoms with Crippen molar-refractivity contribution >= 4 is 44.6 Å². The van der Waals surface area contributed by atoms with E-state index < -0.39 is 10.0 Å². The molecule has 0 spiro atoms. The third-order valence-electron chi connectivity index (χ3n) is 3.19. The summed E-state index contributed by atoms with van der Waals surface area (Å²) in [5, 5.41) is 2.51. The number of benzene rings is 2. The maximum atomic E-state index is 12.4. The Hall–Kier alpha value is -1.64. The Morgan fingerprint density at radius 1 is 1.08 bits per heavy atom. The summed E-state index contributed by atoms with van der Waals surface area (Å²) in [6, 6.07) is 11.6. The van der Waals surface area contributed by atoms with Crippen LogP contribution in [0.15, 0.2) is 58.9 Å². The first-order valence-corrected chi connectivity index (χ1v) is 10.2. The van der Waals surface area contributed by atoms with Crippen LogP contribution < -0.4 is 9.46 Å². The number of sulfonamides is 1. The van der Waals surface area contributed by atoms with Crippen LogP contribution in [0.3, 0.4) is 0 Å². The highest BCUT2D eigenvalue weighted by atomic mass is 35.5. The molecule has 0 aliphatic rings. The van der Waals surface area contributed by atoms with Gasteiger partial charge < -0.3 is 4.74 Å². The van der Waals surface area contributed by atoms with Crippen LogP contribution in [0, 0.1) is 0 Å². The molecular formula is C16H12Cl2N2O3S2. The summed E-state index contributed by atoms with van der Waals surface area (Å²) >= 11 is 13.3. The molecule has 1 N–H and O–H groups in total. The van der Waals surface area contributed by atoms with Crippen LogP contribution in [0.4, 0.5) is 0 Å². The Morgan fingerprint density at radius 3 is 2.36 bits per heavy atom. The lowest BCUT2D eigenvalue weighted by Gasteiger charge is -2.10. The lowest BCUT2D eigenvalue weighted by atomic mass is 10.2. The fraction of sp³-hybridized carbons (Fsp3) is 0.0625. The molecule has 3 aromatic rings. The SMILES string of the molecule is O=S(=O)(NCc1ccc(Oc2nccs2)cc1)c1c(Cl)cccc1Cl. The zero-order valence-corrected chi connectivity index (χ0v) is 15.8. The Morgan fingerprint density at radius 2 is 1.76 bits per heavy atom. The molecule has 1 aromatic heterocycles. The Kier molecular flexibility index (Phi) is 5.61. The molecule has 0 bridgehead atoms. The van der Waals surface area contributed by atoms with Gasteiger partial charge in [-0.3, -0.25) is 0 Å². The molecule has 0 atom stereocenters. The van der Waals surface area contributed by atoms with Gasteiger partial charge in [0.15, 0.2) is 0 Å². The topological polar surface area (TPSA) is 68.3 Å². The zero-order chi connectivity index (χ0) is 17.9. The van der Waals surface area contributed by atoms with E-state index in [1.165, 1.54) is 23.5 Å². The van der Waals surface area contributed by atoms with Crippen molar-refractivity contribution in [2.24, 2.45) is 0 Å². The van der Waals surface area contributed by atoms with Gasteiger partial charge in [0.2, 0.25) is 10.0 Å². The predicted molar refractivity (Wildman–Crippen MR) is 99.1 cm³/mol. The van der Waals surface area contributed by atoms with Crippen LogP contribution in [0.5, 0.6) is 10.9 Å². The average molecular weight is 415 g/mol. The second kappa shape index (κ2) is 7.72. The molecule has 25 heavy (non-hydrogen) atoms. The van der Waals surface area contributed by atoms with Gasteiger partial charge in [-0.2, -0.15) is 0 Å². The van der Waals surface area contributed by atoms with Gasteiger partial charge >= 0.3 is 0 Å². The highest BCUT2D eigenvalue weighted by Crippen LogP contribution is 2.29. The van der Waals surface area contributed by atoms with Crippen molar-refractivity contribution in [1.82, 2.24) is 9.71 Å². The van der Waals surface area contributed by atoms with Crippen LogP contribution in [-0.2, 0) is 16.6 Å². The van der Waals surface area contributed by atoms with E-state index in [0.29, 0.717) is 10.9 Å². The van der Waals surface area contributed by atoms with Crippen LogP contribution in [0.25, 0.3) is 0 Å². The third-order valence-corrected chi connectivity index (χ3v) is 6.20. The fourth-order valence-corrected chi connectivity index (χ4v) is 4.69. The lowest BCUT2D eigenvalue weighted by Crippen LogP contribution is -2.23. The first-order valence-electron chi connectivity index (χ1n) is 7.06. The summed E-state index contributed by atoms with van der Waals surface area (Å²) in [6.07, 6.45) is 1.66. The summed E-state index contributed by atoms with van der Waals surface area (Å²) in [5.41, 5.74) is 0.762. The molecule has 0 fully saturated rings. The molecule has 2 aromatic carbocycles. The molecule has 0 aliphatic carbocycles. The Labute approximate surface area is 159 Å².